The van der Waals surface area contributed by atoms with Gasteiger partial charge in [-0.25, -0.2) is 9.97 Å². The second-order valence-electron chi connectivity index (χ2n) is 8.49. The molecule has 2 aromatic carbocycles. The van der Waals surface area contributed by atoms with Gasteiger partial charge >= 0.3 is 0 Å². The number of fused-ring (bicyclic) bond motifs is 1. The van der Waals surface area contributed by atoms with Crippen LogP contribution in [-0.2, 0) is 0 Å². The van der Waals surface area contributed by atoms with Crippen molar-refractivity contribution in [2.45, 2.75) is 19.1 Å². The number of anilines is 1. The molecule has 2 atom stereocenters. The van der Waals surface area contributed by atoms with E-state index in [4.69, 9.17) is 16.6 Å². The number of amides is 1. The molecule has 0 aliphatic carbocycles. The first-order valence-corrected chi connectivity index (χ1v) is 11.3. The number of aliphatic hydroxyl groups excluding tert-OH is 1. The van der Waals surface area contributed by atoms with Gasteiger partial charge in [0.1, 0.15) is 11.6 Å². The average molecular weight is 452 g/mol. The normalized spacial score (nSPS) is 22.0. The van der Waals surface area contributed by atoms with Crippen LogP contribution in [0.25, 0.3) is 10.9 Å². The molecule has 2 aliphatic heterocycles. The summed E-state index contributed by atoms with van der Waals surface area (Å²) in [4.78, 5) is 28.4. The Morgan fingerprint density at radius 1 is 1.00 bits per heavy atom. The number of β-amino-alcohol motifs (C(OH)–C–C–N with tert-alkyl or cyclic N) is 1. The van der Waals surface area contributed by atoms with Crippen LogP contribution in [0.1, 0.15) is 16.2 Å². The molecular weight excluding hydrogens is 426 g/mol. The monoisotopic (exact) mass is 451 g/mol. The number of rotatable bonds is 3. The average Bonchev–Trinajstić information content (AvgIpc) is 3.20. The van der Waals surface area contributed by atoms with Gasteiger partial charge in [-0.2, -0.15) is 0 Å². The summed E-state index contributed by atoms with van der Waals surface area (Å²) in [5.41, 5.74) is 1.57. The lowest BCUT2D eigenvalue weighted by Crippen LogP contribution is -2.54. The SMILES string of the molecule is Cc1nc(N2CC(O)C(N3CCN(C(=O)c4ccc(Cl)cc4)CC3)C2)c2ccccc2n1. The topological polar surface area (TPSA) is 72.8 Å². The van der Waals surface area contributed by atoms with Crippen molar-refractivity contribution in [1.82, 2.24) is 19.8 Å². The number of halogens is 1. The summed E-state index contributed by atoms with van der Waals surface area (Å²) in [6.07, 6.45) is -0.470. The van der Waals surface area contributed by atoms with Gasteiger partial charge in [-0.3, -0.25) is 9.69 Å². The van der Waals surface area contributed by atoms with E-state index in [1.807, 2.05) is 36.1 Å². The van der Waals surface area contributed by atoms with Crippen LogP contribution >= 0.6 is 11.6 Å². The van der Waals surface area contributed by atoms with Crippen molar-refractivity contribution in [2.24, 2.45) is 0 Å². The third kappa shape index (κ3) is 4.03. The van der Waals surface area contributed by atoms with E-state index in [9.17, 15) is 9.90 Å². The lowest BCUT2D eigenvalue weighted by Gasteiger charge is -2.38. The molecule has 0 saturated carbocycles. The largest absolute Gasteiger partial charge is 0.390 e. The molecule has 7 nitrogen and oxygen atoms in total. The van der Waals surface area contributed by atoms with E-state index < -0.39 is 6.10 Å². The van der Waals surface area contributed by atoms with E-state index in [2.05, 4.69) is 14.8 Å². The van der Waals surface area contributed by atoms with Gasteiger partial charge in [0.15, 0.2) is 0 Å². The predicted octanol–water partition coefficient (Wildman–Crippen LogP) is 2.60. The van der Waals surface area contributed by atoms with E-state index in [1.165, 1.54) is 0 Å². The molecule has 8 heteroatoms. The van der Waals surface area contributed by atoms with Crippen LogP contribution in [0.3, 0.4) is 0 Å². The molecule has 32 heavy (non-hydrogen) atoms. The number of carbonyl (C=O) groups excluding carboxylic acids is 1. The lowest BCUT2D eigenvalue weighted by molar-refractivity contribution is 0.0376. The number of carbonyl (C=O) groups is 1. The highest BCUT2D eigenvalue weighted by Crippen LogP contribution is 2.29. The Hall–Kier alpha value is -2.74. The van der Waals surface area contributed by atoms with E-state index >= 15 is 0 Å². The minimum Gasteiger partial charge on any atom is -0.390 e. The molecule has 5 rings (SSSR count). The summed E-state index contributed by atoms with van der Waals surface area (Å²) in [5, 5.41) is 12.5. The van der Waals surface area contributed by atoms with Crippen LogP contribution in [-0.4, -0.2) is 82.2 Å². The van der Waals surface area contributed by atoms with Crippen molar-refractivity contribution in [2.75, 3.05) is 44.2 Å². The molecule has 2 unspecified atom stereocenters. The van der Waals surface area contributed by atoms with Crippen molar-refractivity contribution in [3.05, 3.63) is 64.9 Å². The molecule has 2 fully saturated rings. The maximum absolute atomic E-state index is 12.8. The van der Waals surface area contributed by atoms with Crippen LogP contribution in [0.15, 0.2) is 48.5 Å². The van der Waals surface area contributed by atoms with Gasteiger partial charge in [0.05, 0.1) is 17.7 Å². The highest BCUT2D eigenvalue weighted by atomic mass is 35.5. The fourth-order valence-corrected chi connectivity index (χ4v) is 4.87. The van der Waals surface area contributed by atoms with Crippen molar-refractivity contribution in [3.63, 3.8) is 0 Å². The number of aromatic nitrogens is 2. The van der Waals surface area contributed by atoms with Gasteiger partial charge in [-0.1, -0.05) is 23.7 Å². The Balaban J connectivity index is 1.26. The van der Waals surface area contributed by atoms with Crippen molar-refractivity contribution < 1.29 is 9.90 Å². The first-order valence-electron chi connectivity index (χ1n) is 10.9. The maximum Gasteiger partial charge on any atom is 0.253 e. The molecule has 0 spiro atoms. The van der Waals surface area contributed by atoms with Crippen molar-refractivity contribution in [3.8, 4) is 0 Å². The summed E-state index contributed by atoms with van der Waals surface area (Å²) >= 11 is 5.94. The van der Waals surface area contributed by atoms with E-state index in [0.717, 1.165) is 35.6 Å². The number of hydrogen-bond donors (Lipinski definition) is 1. The number of piperazine rings is 1. The molecule has 2 aliphatic rings. The standard InChI is InChI=1S/C24H26ClN5O2/c1-16-26-20-5-3-2-4-19(20)23(27-16)30-14-21(22(31)15-30)28-10-12-29(13-11-28)24(32)17-6-8-18(25)9-7-17/h2-9,21-22,31H,10-15H2,1H3. The zero-order valence-electron chi connectivity index (χ0n) is 18.0. The first kappa shape index (κ1) is 21.1. The Labute approximate surface area is 192 Å². The third-order valence-corrected chi connectivity index (χ3v) is 6.67. The molecule has 166 valence electrons. The van der Waals surface area contributed by atoms with Crippen LogP contribution < -0.4 is 4.90 Å². The number of para-hydroxylation sites is 1. The lowest BCUT2D eigenvalue weighted by atomic mass is 10.1. The number of aliphatic hydroxyl groups is 1. The predicted molar refractivity (Wildman–Crippen MR) is 125 cm³/mol. The summed E-state index contributed by atoms with van der Waals surface area (Å²) in [6.45, 7) is 5.88. The van der Waals surface area contributed by atoms with Gasteiger partial charge in [0.2, 0.25) is 0 Å². The first-order chi connectivity index (χ1) is 15.5. The zero-order chi connectivity index (χ0) is 22.2. The van der Waals surface area contributed by atoms with Crippen LogP contribution in [0.2, 0.25) is 5.02 Å². The van der Waals surface area contributed by atoms with Crippen molar-refractivity contribution in [1.29, 1.82) is 0 Å². The van der Waals surface area contributed by atoms with Gasteiger partial charge < -0.3 is 14.9 Å². The Kier molecular flexibility index (Phi) is 5.71. The van der Waals surface area contributed by atoms with E-state index in [-0.39, 0.29) is 11.9 Å². The van der Waals surface area contributed by atoms with Crippen LogP contribution in [0.5, 0.6) is 0 Å². The molecule has 3 aromatic rings. The van der Waals surface area contributed by atoms with Crippen LogP contribution in [0, 0.1) is 6.92 Å². The summed E-state index contributed by atoms with van der Waals surface area (Å²) in [5.74, 6) is 1.63. The molecule has 3 heterocycles. The maximum atomic E-state index is 12.8. The minimum atomic E-state index is -0.470. The molecule has 1 amide bonds. The molecular formula is C24H26ClN5O2. The summed E-state index contributed by atoms with van der Waals surface area (Å²) in [7, 11) is 0. The summed E-state index contributed by atoms with van der Waals surface area (Å²) < 4.78 is 0. The summed E-state index contributed by atoms with van der Waals surface area (Å²) in [6, 6.07) is 15.0. The van der Waals surface area contributed by atoms with Gasteiger partial charge in [-0.05, 0) is 43.3 Å². The second-order valence-corrected chi connectivity index (χ2v) is 8.92. The number of hydrogen-bond acceptors (Lipinski definition) is 6. The third-order valence-electron chi connectivity index (χ3n) is 6.42. The highest BCUT2D eigenvalue weighted by Gasteiger charge is 2.38. The van der Waals surface area contributed by atoms with Gasteiger partial charge in [-0.15, -0.1) is 0 Å². The Morgan fingerprint density at radius 2 is 1.72 bits per heavy atom. The quantitative estimate of drug-likeness (QED) is 0.660. The Bertz CT molecular complexity index is 1130. The van der Waals surface area contributed by atoms with E-state index in [1.54, 1.807) is 24.3 Å². The zero-order valence-corrected chi connectivity index (χ0v) is 18.7. The van der Waals surface area contributed by atoms with Gasteiger partial charge in [0, 0.05) is 55.2 Å². The van der Waals surface area contributed by atoms with Crippen LogP contribution in [0.4, 0.5) is 5.82 Å². The fourth-order valence-electron chi connectivity index (χ4n) is 4.75. The minimum absolute atomic E-state index is 0.0109. The molecule has 0 radical (unpaired) electrons. The smallest absolute Gasteiger partial charge is 0.253 e. The van der Waals surface area contributed by atoms with Gasteiger partial charge in [0.25, 0.3) is 5.91 Å². The number of benzene rings is 2. The van der Waals surface area contributed by atoms with Crippen molar-refractivity contribution >= 4 is 34.2 Å². The Morgan fingerprint density at radius 3 is 2.47 bits per heavy atom. The molecule has 0 bridgehead atoms. The molecule has 1 aromatic heterocycles. The second kappa shape index (κ2) is 8.65. The highest BCUT2D eigenvalue weighted by molar-refractivity contribution is 6.30. The molecule has 2 saturated heterocycles. The van der Waals surface area contributed by atoms with E-state index in [0.29, 0.717) is 36.8 Å². The number of nitrogens with zero attached hydrogens (tertiary/aromatic N) is 5. The number of aryl methyl sites for hydroxylation is 1. The molecule has 1 N–H and O–H groups in total. The fraction of sp³-hybridized carbons (Fsp3) is 0.375.